The molecule has 7 nitrogen and oxygen atoms in total. The number of rotatable bonds is 6. The lowest BCUT2D eigenvalue weighted by atomic mass is 10.1. The molecule has 10 heteroatoms. The van der Waals surface area contributed by atoms with E-state index in [2.05, 4.69) is 27.4 Å². The summed E-state index contributed by atoms with van der Waals surface area (Å²) in [6.45, 7) is 4.98. The van der Waals surface area contributed by atoms with Crippen LogP contribution in [0.15, 0.2) is 47.8 Å². The van der Waals surface area contributed by atoms with E-state index in [0.29, 0.717) is 41.8 Å². The Hall–Kier alpha value is -2.81. The van der Waals surface area contributed by atoms with Gasteiger partial charge in [0.2, 0.25) is 5.91 Å². The molecule has 4 rings (SSSR count). The lowest BCUT2D eigenvalue weighted by Gasteiger charge is -2.37. The normalized spacial score (nSPS) is 13.6. The van der Waals surface area contributed by atoms with Crippen LogP contribution in [0.3, 0.4) is 0 Å². The number of carbonyl (C=O) groups excluding carboxylic acids is 2. The monoisotopic (exact) mass is 517 g/mol. The van der Waals surface area contributed by atoms with E-state index in [0.717, 1.165) is 29.5 Å². The Morgan fingerprint density at radius 3 is 2.56 bits per heavy atom. The predicted molar refractivity (Wildman–Crippen MR) is 140 cm³/mol. The first-order chi connectivity index (χ1) is 16.4. The third-order valence-electron chi connectivity index (χ3n) is 5.59. The smallest absolute Gasteiger partial charge is 0.325 e. The fourth-order valence-electron chi connectivity index (χ4n) is 3.82. The summed E-state index contributed by atoms with van der Waals surface area (Å²) in [5.41, 5.74) is 3.68. The van der Waals surface area contributed by atoms with Gasteiger partial charge < -0.3 is 15.1 Å². The highest BCUT2D eigenvalue weighted by atomic mass is 35.5. The van der Waals surface area contributed by atoms with E-state index in [-0.39, 0.29) is 5.91 Å². The van der Waals surface area contributed by atoms with Crippen LogP contribution in [0.2, 0.25) is 10.0 Å². The number of benzene rings is 2. The number of hydrogen-bond acceptors (Lipinski definition) is 5. The van der Waals surface area contributed by atoms with Crippen LogP contribution in [-0.4, -0.2) is 48.0 Å². The Bertz CT molecular complexity index is 1180. The molecule has 2 heterocycles. The molecule has 0 atom stereocenters. The van der Waals surface area contributed by atoms with E-state index in [1.54, 1.807) is 24.3 Å². The molecule has 0 bridgehead atoms. The molecule has 1 aliphatic rings. The zero-order chi connectivity index (χ0) is 24.1. The molecule has 1 aromatic heterocycles. The third kappa shape index (κ3) is 6.40. The summed E-state index contributed by atoms with van der Waals surface area (Å²) in [4.78, 5) is 33.5. The van der Waals surface area contributed by atoms with Crippen molar-refractivity contribution >= 4 is 63.0 Å². The van der Waals surface area contributed by atoms with Crippen molar-refractivity contribution in [2.24, 2.45) is 0 Å². The van der Waals surface area contributed by atoms with E-state index in [4.69, 9.17) is 23.2 Å². The number of nitrogens with one attached hydrogen (secondary N) is 2. The highest BCUT2D eigenvalue weighted by Gasteiger charge is 2.22. The Morgan fingerprint density at radius 1 is 1.03 bits per heavy atom. The molecule has 2 N–H and O–H groups in total. The SMILES string of the molecule is Cc1ccc(Cl)cc1N1CCN(C(=O)CCc2csc(NC(=O)Nc3cccc(Cl)c3)n2)CC1. The van der Waals surface area contributed by atoms with Crippen molar-refractivity contribution in [2.75, 3.05) is 41.7 Å². The summed E-state index contributed by atoms with van der Waals surface area (Å²) in [6.07, 6.45) is 0.911. The summed E-state index contributed by atoms with van der Waals surface area (Å²) < 4.78 is 0. The molecule has 0 spiro atoms. The van der Waals surface area contributed by atoms with Crippen molar-refractivity contribution < 1.29 is 9.59 Å². The van der Waals surface area contributed by atoms with Crippen LogP contribution in [0, 0.1) is 6.92 Å². The highest BCUT2D eigenvalue weighted by molar-refractivity contribution is 7.13. The number of piperazine rings is 1. The number of halogens is 2. The van der Waals surface area contributed by atoms with Crippen LogP contribution in [-0.2, 0) is 11.2 Å². The highest BCUT2D eigenvalue weighted by Crippen LogP contribution is 2.25. The second-order valence-electron chi connectivity index (χ2n) is 8.03. The molecule has 2 aromatic carbocycles. The molecule has 0 saturated carbocycles. The van der Waals surface area contributed by atoms with Crippen molar-refractivity contribution in [3.8, 4) is 0 Å². The first-order valence-corrected chi connectivity index (χ1v) is 12.6. The Balaban J connectivity index is 1.22. The van der Waals surface area contributed by atoms with Crippen molar-refractivity contribution in [2.45, 2.75) is 19.8 Å². The molecular formula is C24H25Cl2N5O2S. The zero-order valence-corrected chi connectivity index (χ0v) is 21.0. The Labute approximate surface area is 212 Å². The van der Waals surface area contributed by atoms with Crippen molar-refractivity contribution in [3.63, 3.8) is 0 Å². The first kappa shape index (κ1) is 24.3. The van der Waals surface area contributed by atoms with Crippen molar-refractivity contribution in [3.05, 3.63) is 69.1 Å². The second-order valence-corrected chi connectivity index (χ2v) is 9.76. The average Bonchev–Trinajstić information content (AvgIpc) is 3.26. The summed E-state index contributed by atoms with van der Waals surface area (Å²) in [5, 5.41) is 9.03. The van der Waals surface area contributed by atoms with E-state index in [1.807, 2.05) is 28.5 Å². The van der Waals surface area contributed by atoms with Crippen LogP contribution in [0.1, 0.15) is 17.7 Å². The van der Waals surface area contributed by atoms with Gasteiger partial charge in [-0.3, -0.25) is 10.1 Å². The lowest BCUT2D eigenvalue weighted by Crippen LogP contribution is -2.49. The molecule has 0 unspecified atom stereocenters. The molecule has 3 aromatic rings. The quantitative estimate of drug-likeness (QED) is 0.440. The molecule has 3 amide bonds. The number of urea groups is 1. The van der Waals surface area contributed by atoms with E-state index in [1.165, 1.54) is 16.9 Å². The maximum absolute atomic E-state index is 12.7. The minimum Gasteiger partial charge on any atom is -0.368 e. The summed E-state index contributed by atoms with van der Waals surface area (Å²) >= 11 is 13.4. The van der Waals surface area contributed by atoms with Gasteiger partial charge in [-0.2, -0.15) is 0 Å². The molecular weight excluding hydrogens is 493 g/mol. The van der Waals surface area contributed by atoms with E-state index in [9.17, 15) is 9.59 Å². The predicted octanol–water partition coefficient (Wildman–Crippen LogP) is 5.68. The van der Waals surface area contributed by atoms with Gasteiger partial charge in [0.1, 0.15) is 0 Å². The topological polar surface area (TPSA) is 77.6 Å². The number of nitrogens with zero attached hydrogens (tertiary/aromatic N) is 3. The van der Waals surface area contributed by atoms with Crippen LogP contribution >= 0.6 is 34.5 Å². The minimum atomic E-state index is -0.396. The maximum atomic E-state index is 12.7. The minimum absolute atomic E-state index is 0.115. The number of aromatic nitrogens is 1. The van der Waals surface area contributed by atoms with Gasteiger partial charge in [0.25, 0.3) is 0 Å². The standard InChI is InChI=1S/C24H25Cl2N5O2S/c1-16-5-6-18(26)14-21(16)30-9-11-31(12-10-30)22(32)8-7-20-15-34-24(28-20)29-23(33)27-19-4-2-3-17(25)13-19/h2-6,13-15H,7-12H2,1H3,(H2,27,28,29,33). The third-order valence-corrected chi connectivity index (χ3v) is 6.87. The molecule has 1 fully saturated rings. The van der Waals surface area contributed by atoms with Crippen molar-refractivity contribution in [1.82, 2.24) is 9.88 Å². The second kappa shape index (κ2) is 11.1. The van der Waals surface area contributed by atoms with Gasteiger partial charge in [-0.05, 0) is 49.2 Å². The van der Waals surface area contributed by atoms with Crippen LogP contribution in [0.25, 0.3) is 0 Å². The Kier molecular flexibility index (Phi) is 7.92. The van der Waals surface area contributed by atoms with Gasteiger partial charge in [0.15, 0.2) is 5.13 Å². The van der Waals surface area contributed by atoms with Crippen LogP contribution in [0.4, 0.5) is 21.3 Å². The zero-order valence-electron chi connectivity index (χ0n) is 18.7. The van der Waals surface area contributed by atoms with Crippen LogP contribution < -0.4 is 15.5 Å². The van der Waals surface area contributed by atoms with Crippen LogP contribution in [0.5, 0.6) is 0 Å². The fraction of sp³-hybridized carbons (Fsp3) is 0.292. The van der Waals surface area contributed by atoms with Gasteiger partial charge >= 0.3 is 6.03 Å². The fourth-order valence-corrected chi connectivity index (χ4v) is 4.91. The van der Waals surface area contributed by atoms with Crippen molar-refractivity contribution in [1.29, 1.82) is 0 Å². The molecule has 1 saturated heterocycles. The summed E-state index contributed by atoms with van der Waals surface area (Å²) in [6, 6.07) is 12.4. The summed E-state index contributed by atoms with van der Waals surface area (Å²) in [7, 11) is 0. The van der Waals surface area contributed by atoms with E-state index < -0.39 is 6.03 Å². The number of aryl methyl sites for hydroxylation is 2. The van der Waals surface area contributed by atoms with E-state index >= 15 is 0 Å². The number of anilines is 3. The van der Waals surface area contributed by atoms with Gasteiger partial charge in [0.05, 0.1) is 5.69 Å². The van der Waals surface area contributed by atoms with Gasteiger partial charge in [0, 0.05) is 59.4 Å². The maximum Gasteiger partial charge on any atom is 0.325 e. The number of thiazole rings is 1. The van der Waals surface area contributed by atoms with Gasteiger partial charge in [-0.25, -0.2) is 9.78 Å². The molecule has 0 radical (unpaired) electrons. The number of amides is 3. The molecule has 34 heavy (non-hydrogen) atoms. The molecule has 1 aliphatic heterocycles. The lowest BCUT2D eigenvalue weighted by molar-refractivity contribution is -0.131. The number of hydrogen-bond donors (Lipinski definition) is 2. The summed E-state index contributed by atoms with van der Waals surface area (Å²) in [5.74, 6) is 0.115. The first-order valence-electron chi connectivity index (χ1n) is 10.9. The average molecular weight is 518 g/mol. The van der Waals surface area contributed by atoms with Gasteiger partial charge in [-0.1, -0.05) is 35.3 Å². The molecule has 0 aliphatic carbocycles. The number of carbonyl (C=O) groups is 2. The largest absolute Gasteiger partial charge is 0.368 e. The van der Waals surface area contributed by atoms with Gasteiger partial charge in [-0.15, -0.1) is 11.3 Å². The molecule has 178 valence electrons. The Morgan fingerprint density at radius 2 is 1.79 bits per heavy atom.